The Labute approximate surface area is 177 Å². The standard InChI is InChI=1S/C21H20N4O4S/c1-13(26)14-7-5-8-16(10-14)23-19(27)11-18-20(28)24-21(30-18)25-22-12-15-6-3-4-9-17(15)29-2/h3-10,12,18H,11H2,1-2H3,(H,23,27)(H,24,25,28)/b22-12-/t18-/m0/s1. The van der Waals surface area contributed by atoms with Crippen LogP contribution in [0.25, 0.3) is 0 Å². The summed E-state index contributed by atoms with van der Waals surface area (Å²) >= 11 is 1.14. The number of ketones is 1. The molecule has 1 heterocycles. The van der Waals surface area contributed by atoms with Gasteiger partial charge in [0.2, 0.25) is 11.8 Å². The maximum atomic E-state index is 12.3. The Kier molecular flexibility index (Phi) is 6.97. The molecule has 8 nitrogen and oxygen atoms in total. The van der Waals surface area contributed by atoms with Crippen molar-refractivity contribution in [2.75, 3.05) is 12.4 Å². The summed E-state index contributed by atoms with van der Waals surface area (Å²) in [7, 11) is 1.57. The average Bonchev–Trinajstić information content (AvgIpc) is 3.07. The maximum Gasteiger partial charge on any atom is 0.240 e. The van der Waals surface area contributed by atoms with E-state index >= 15 is 0 Å². The second kappa shape index (κ2) is 9.84. The van der Waals surface area contributed by atoms with Gasteiger partial charge in [-0.25, -0.2) is 0 Å². The molecule has 2 aromatic carbocycles. The number of rotatable bonds is 7. The maximum absolute atomic E-state index is 12.3. The quantitative estimate of drug-likeness (QED) is 0.404. The zero-order valence-corrected chi connectivity index (χ0v) is 17.2. The number of carbonyl (C=O) groups excluding carboxylic acids is 3. The summed E-state index contributed by atoms with van der Waals surface area (Å²) in [6.45, 7) is 1.46. The van der Waals surface area contributed by atoms with Crippen molar-refractivity contribution >= 4 is 46.4 Å². The first-order valence-electron chi connectivity index (χ1n) is 9.08. The van der Waals surface area contributed by atoms with E-state index in [-0.39, 0.29) is 24.0 Å². The molecule has 0 unspecified atom stereocenters. The number of hydrogen-bond donors (Lipinski definition) is 2. The number of methoxy groups -OCH3 is 1. The van der Waals surface area contributed by atoms with Gasteiger partial charge in [0.25, 0.3) is 0 Å². The molecule has 0 bridgehead atoms. The number of amidine groups is 1. The molecule has 0 aliphatic carbocycles. The number of thioether (sulfide) groups is 1. The van der Waals surface area contributed by atoms with E-state index in [0.717, 1.165) is 17.3 Å². The molecule has 30 heavy (non-hydrogen) atoms. The second-order valence-corrected chi connectivity index (χ2v) is 7.57. The van der Waals surface area contributed by atoms with E-state index in [1.165, 1.54) is 13.1 Å². The Bertz CT molecular complexity index is 1040. The molecular weight excluding hydrogens is 404 g/mol. The van der Waals surface area contributed by atoms with Crippen LogP contribution in [0.1, 0.15) is 29.3 Å². The Balaban J connectivity index is 1.58. The van der Waals surface area contributed by atoms with E-state index in [2.05, 4.69) is 20.8 Å². The van der Waals surface area contributed by atoms with Crippen LogP contribution in [0, 0.1) is 0 Å². The lowest BCUT2D eigenvalue weighted by Gasteiger charge is -2.08. The van der Waals surface area contributed by atoms with Gasteiger partial charge in [-0.2, -0.15) is 5.10 Å². The molecule has 154 valence electrons. The SMILES string of the molecule is COc1ccccc1/C=N\N=C1/NC(=O)[C@H](CC(=O)Nc2cccc(C(C)=O)c2)S1. The molecule has 3 rings (SSSR count). The molecule has 0 radical (unpaired) electrons. The number of amides is 2. The van der Waals surface area contributed by atoms with Gasteiger partial charge in [-0.1, -0.05) is 36.0 Å². The van der Waals surface area contributed by atoms with Gasteiger partial charge in [0.15, 0.2) is 11.0 Å². The predicted octanol–water partition coefficient (Wildman–Crippen LogP) is 2.85. The minimum absolute atomic E-state index is 0.0317. The molecule has 1 aliphatic rings. The summed E-state index contributed by atoms with van der Waals surface area (Å²) < 4.78 is 5.24. The van der Waals surface area contributed by atoms with E-state index in [4.69, 9.17) is 4.74 Å². The first kappa shape index (κ1) is 21.3. The van der Waals surface area contributed by atoms with Gasteiger partial charge < -0.3 is 15.4 Å². The van der Waals surface area contributed by atoms with Crippen LogP contribution in [-0.2, 0) is 9.59 Å². The van der Waals surface area contributed by atoms with Gasteiger partial charge in [-0.15, -0.1) is 5.10 Å². The van der Waals surface area contributed by atoms with Crippen molar-refractivity contribution in [1.29, 1.82) is 0 Å². The fraction of sp³-hybridized carbons (Fsp3) is 0.190. The normalized spacial score (nSPS) is 17.2. The molecule has 1 atom stereocenters. The zero-order chi connectivity index (χ0) is 21.5. The number of ether oxygens (including phenoxy) is 1. The summed E-state index contributed by atoms with van der Waals surface area (Å²) in [5.41, 5.74) is 1.76. The van der Waals surface area contributed by atoms with Crippen LogP contribution in [0.15, 0.2) is 58.7 Å². The van der Waals surface area contributed by atoms with E-state index < -0.39 is 5.25 Å². The lowest BCUT2D eigenvalue weighted by atomic mass is 10.1. The Morgan fingerprint density at radius 1 is 1.23 bits per heavy atom. The van der Waals surface area contributed by atoms with Crippen LogP contribution >= 0.6 is 11.8 Å². The number of hydrogen-bond acceptors (Lipinski definition) is 7. The highest BCUT2D eigenvalue weighted by molar-refractivity contribution is 8.15. The number of anilines is 1. The van der Waals surface area contributed by atoms with E-state index in [1.807, 2.05) is 18.2 Å². The molecule has 2 aromatic rings. The molecule has 0 saturated carbocycles. The highest BCUT2D eigenvalue weighted by atomic mass is 32.2. The van der Waals surface area contributed by atoms with Gasteiger partial charge in [-0.3, -0.25) is 14.4 Å². The van der Waals surface area contributed by atoms with Crippen molar-refractivity contribution in [2.45, 2.75) is 18.6 Å². The number of nitrogens with one attached hydrogen (secondary N) is 2. The molecular formula is C21H20N4O4S. The third-order valence-corrected chi connectivity index (χ3v) is 5.26. The van der Waals surface area contributed by atoms with Crippen LogP contribution in [-0.4, -0.2) is 41.3 Å². The summed E-state index contributed by atoms with van der Waals surface area (Å²) in [4.78, 5) is 35.9. The van der Waals surface area contributed by atoms with E-state index in [1.54, 1.807) is 37.4 Å². The topological polar surface area (TPSA) is 109 Å². The Hall–Kier alpha value is -3.46. The second-order valence-electron chi connectivity index (χ2n) is 6.38. The monoisotopic (exact) mass is 424 g/mol. The van der Waals surface area contributed by atoms with Crippen LogP contribution < -0.4 is 15.4 Å². The van der Waals surface area contributed by atoms with Crippen LogP contribution in [0.3, 0.4) is 0 Å². The molecule has 0 aromatic heterocycles. The first-order chi connectivity index (χ1) is 14.5. The zero-order valence-electron chi connectivity index (χ0n) is 16.4. The number of nitrogens with zero attached hydrogens (tertiary/aromatic N) is 2. The lowest BCUT2D eigenvalue weighted by molar-refractivity contribution is -0.122. The van der Waals surface area contributed by atoms with Crippen molar-refractivity contribution in [3.05, 3.63) is 59.7 Å². The smallest absolute Gasteiger partial charge is 0.240 e. The third-order valence-electron chi connectivity index (χ3n) is 4.18. The molecule has 1 fully saturated rings. The Morgan fingerprint density at radius 3 is 2.80 bits per heavy atom. The number of para-hydroxylation sites is 1. The average molecular weight is 424 g/mol. The van der Waals surface area contributed by atoms with Gasteiger partial charge in [0, 0.05) is 23.2 Å². The lowest BCUT2D eigenvalue weighted by Crippen LogP contribution is -2.28. The van der Waals surface area contributed by atoms with Gasteiger partial charge in [-0.05, 0) is 31.2 Å². The molecule has 1 aliphatic heterocycles. The van der Waals surface area contributed by atoms with E-state index in [0.29, 0.717) is 22.2 Å². The largest absolute Gasteiger partial charge is 0.496 e. The fourth-order valence-electron chi connectivity index (χ4n) is 2.70. The summed E-state index contributed by atoms with van der Waals surface area (Å²) in [6.07, 6.45) is 1.50. The van der Waals surface area contributed by atoms with Gasteiger partial charge in [0.1, 0.15) is 11.0 Å². The van der Waals surface area contributed by atoms with Crippen molar-refractivity contribution in [1.82, 2.24) is 5.32 Å². The van der Waals surface area contributed by atoms with Crippen molar-refractivity contribution in [3.63, 3.8) is 0 Å². The first-order valence-corrected chi connectivity index (χ1v) is 9.96. The Morgan fingerprint density at radius 2 is 2.03 bits per heavy atom. The predicted molar refractivity (Wildman–Crippen MR) is 117 cm³/mol. The number of Topliss-reactive ketones (excluding diaryl/α,β-unsaturated/α-hetero) is 1. The minimum Gasteiger partial charge on any atom is -0.496 e. The van der Waals surface area contributed by atoms with Gasteiger partial charge in [0.05, 0.1) is 13.3 Å². The van der Waals surface area contributed by atoms with Crippen LogP contribution in [0.5, 0.6) is 5.75 Å². The minimum atomic E-state index is -0.610. The van der Waals surface area contributed by atoms with E-state index in [9.17, 15) is 14.4 Å². The van der Waals surface area contributed by atoms with Crippen LogP contribution in [0.2, 0.25) is 0 Å². The van der Waals surface area contributed by atoms with Crippen molar-refractivity contribution in [3.8, 4) is 5.75 Å². The van der Waals surface area contributed by atoms with Crippen LogP contribution in [0.4, 0.5) is 5.69 Å². The van der Waals surface area contributed by atoms with Gasteiger partial charge >= 0.3 is 0 Å². The summed E-state index contributed by atoms with van der Waals surface area (Å²) in [5.74, 6) is -0.0692. The highest BCUT2D eigenvalue weighted by Gasteiger charge is 2.32. The molecule has 9 heteroatoms. The van der Waals surface area contributed by atoms with Crippen molar-refractivity contribution in [2.24, 2.45) is 10.2 Å². The summed E-state index contributed by atoms with van der Waals surface area (Å²) in [5, 5.41) is 13.0. The molecule has 0 spiro atoms. The highest BCUT2D eigenvalue weighted by Crippen LogP contribution is 2.23. The molecule has 2 amide bonds. The molecule has 1 saturated heterocycles. The molecule has 2 N–H and O–H groups in total. The summed E-state index contributed by atoms with van der Waals surface area (Å²) in [6, 6.07) is 14.0. The van der Waals surface area contributed by atoms with Crippen molar-refractivity contribution < 1.29 is 19.1 Å². The number of benzene rings is 2. The fourth-order valence-corrected chi connectivity index (χ4v) is 3.62. The third kappa shape index (κ3) is 5.54. The number of carbonyl (C=O) groups is 3.